The van der Waals surface area contributed by atoms with Gasteiger partial charge in [-0.1, -0.05) is 42.5 Å². The summed E-state index contributed by atoms with van der Waals surface area (Å²) in [6.07, 6.45) is 1.96. The van der Waals surface area contributed by atoms with E-state index in [9.17, 15) is 0 Å². The molecular weight excluding hydrogens is 438 g/mol. The summed E-state index contributed by atoms with van der Waals surface area (Å²) < 4.78 is 11.8. The van der Waals surface area contributed by atoms with E-state index in [1.54, 1.807) is 0 Å². The van der Waals surface area contributed by atoms with E-state index in [-0.39, 0.29) is 6.10 Å². The van der Waals surface area contributed by atoms with Crippen LogP contribution >= 0.6 is 0 Å². The summed E-state index contributed by atoms with van der Waals surface area (Å²) in [7, 11) is 4.08. The van der Waals surface area contributed by atoms with Crippen molar-refractivity contribution < 1.29 is 9.47 Å². The molecule has 7 nitrogen and oxygen atoms in total. The Morgan fingerprint density at radius 3 is 2.74 bits per heavy atom. The molecule has 0 bridgehead atoms. The molecule has 1 fully saturated rings. The van der Waals surface area contributed by atoms with Crippen LogP contribution in [0.5, 0.6) is 5.75 Å². The minimum absolute atomic E-state index is 0.0971. The molecule has 0 saturated carbocycles. The lowest BCUT2D eigenvalue weighted by atomic mass is 10.0. The van der Waals surface area contributed by atoms with Gasteiger partial charge in [0.15, 0.2) is 0 Å². The second-order valence-corrected chi connectivity index (χ2v) is 8.93. The molecule has 0 radical (unpaired) electrons. The van der Waals surface area contributed by atoms with Gasteiger partial charge in [0.2, 0.25) is 5.95 Å². The summed E-state index contributed by atoms with van der Waals surface area (Å²) in [5.74, 6) is 1.41. The van der Waals surface area contributed by atoms with Crippen molar-refractivity contribution >= 4 is 22.5 Å². The zero-order valence-corrected chi connectivity index (χ0v) is 20.2. The van der Waals surface area contributed by atoms with Crippen molar-refractivity contribution in [3.8, 4) is 16.9 Å². The number of fused-ring (bicyclic) bond motifs is 1. The van der Waals surface area contributed by atoms with Crippen LogP contribution in [0.2, 0.25) is 0 Å². The van der Waals surface area contributed by atoms with Gasteiger partial charge in [-0.05, 0) is 49.5 Å². The first kappa shape index (κ1) is 23.2. The van der Waals surface area contributed by atoms with Gasteiger partial charge in [0, 0.05) is 42.5 Å². The Labute approximate surface area is 206 Å². The first-order valence-electron chi connectivity index (χ1n) is 12.0. The summed E-state index contributed by atoms with van der Waals surface area (Å²) in [5, 5.41) is 7.71. The summed E-state index contributed by atoms with van der Waals surface area (Å²) in [6.45, 7) is 4.00. The number of benzene rings is 3. The smallest absolute Gasteiger partial charge is 0.227 e. The minimum atomic E-state index is 0.0971. The number of hydrogen-bond donors (Lipinski definition) is 2. The Bertz CT molecular complexity index is 1270. The SMILES string of the molecule is CN(C)CCOc1cccc(-c2cccc3cnc(Nc4ccc(C5CNCCO5)cc4)nc23)c1. The van der Waals surface area contributed by atoms with E-state index in [4.69, 9.17) is 14.5 Å². The molecular formula is C28H31N5O2. The molecule has 3 aromatic carbocycles. The van der Waals surface area contributed by atoms with Crippen LogP contribution < -0.4 is 15.4 Å². The van der Waals surface area contributed by atoms with Crippen LogP contribution in [-0.4, -0.2) is 61.8 Å². The molecule has 0 spiro atoms. The molecule has 1 aliphatic heterocycles. The van der Waals surface area contributed by atoms with Gasteiger partial charge in [-0.25, -0.2) is 9.97 Å². The normalized spacial score (nSPS) is 15.9. The number of anilines is 2. The van der Waals surface area contributed by atoms with Crippen molar-refractivity contribution in [2.75, 3.05) is 52.3 Å². The molecule has 4 aromatic rings. The lowest BCUT2D eigenvalue weighted by Gasteiger charge is -2.24. The van der Waals surface area contributed by atoms with Gasteiger partial charge in [0.25, 0.3) is 0 Å². The third-order valence-corrected chi connectivity index (χ3v) is 6.03. The fraction of sp³-hybridized carbons (Fsp3) is 0.286. The highest BCUT2D eigenvalue weighted by molar-refractivity contribution is 5.94. The second kappa shape index (κ2) is 10.8. The number of rotatable bonds is 8. The first-order chi connectivity index (χ1) is 17.2. The number of para-hydroxylation sites is 1. The van der Waals surface area contributed by atoms with E-state index in [0.29, 0.717) is 12.6 Å². The maximum absolute atomic E-state index is 5.95. The second-order valence-electron chi connectivity index (χ2n) is 8.93. The number of hydrogen-bond acceptors (Lipinski definition) is 7. The van der Waals surface area contributed by atoms with Crippen molar-refractivity contribution in [1.29, 1.82) is 0 Å². The van der Waals surface area contributed by atoms with Crippen molar-refractivity contribution in [2.24, 2.45) is 0 Å². The molecule has 0 aliphatic carbocycles. The molecule has 1 aliphatic rings. The molecule has 180 valence electrons. The lowest BCUT2D eigenvalue weighted by Crippen LogP contribution is -2.33. The molecule has 7 heteroatoms. The quantitative estimate of drug-likeness (QED) is 0.389. The molecule has 1 saturated heterocycles. The number of aromatic nitrogens is 2. The minimum Gasteiger partial charge on any atom is -0.492 e. The average Bonchev–Trinajstić information content (AvgIpc) is 2.89. The highest BCUT2D eigenvalue weighted by atomic mass is 16.5. The molecule has 2 heterocycles. The van der Waals surface area contributed by atoms with E-state index in [1.807, 2.05) is 56.7 Å². The van der Waals surface area contributed by atoms with Crippen molar-refractivity contribution in [3.63, 3.8) is 0 Å². The Kier molecular flexibility index (Phi) is 7.18. The van der Waals surface area contributed by atoms with E-state index in [0.717, 1.165) is 65.3 Å². The van der Waals surface area contributed by atoms with E-state index >= 15 is 0 Å². The van der Waals surface area contributed by atoms with Crippen LogP contribution in [-0.2, 0) is 4.74 Å². The molecule has 1 aromatic heterocycles. The van der Waals surface area contributed by atoms with Gasteiger partial charge in [-0.3, -0.25) is 0 Å². The Morgan fingerprint density at radius 2 is 1.94 bits per heavy atom. The van der Waals surface area contributed by atoms with Crippen LogP contribution in [0.15, 0.2) is 72.9 Å². The van der Waals surface area contributed by atoms with Gasteiger partial charge >= 0.3 is 0 Å². The number of ether oxygens (including phenoxy) is 2. The lowest BCUT2D eigenvalue weighted by molar-refractivity contribution is 0.0277. The maximum atomic E-state index is 5.95. The van der Waals surface area contributed by atoms with Gasteiger partial charge in [0.05, 0.1) is 18.2 Å². The highest BCUT2D eigenvalue weighted by Crippen LogP contribution is 2.30. The topological polar surface area (TPSA) is 71.5 Å². The number of nitrogens with one attached hydrogen (secondary N) is 2. The van der Waals surface area contributed by atoms with E-state index in [2.05, 4.69) is 50.8 Å². The van der Waals surface area contributed by atoms with Gasteiger partial charge in [-0.15, -0.1) is 0 Å². The maximum Gasteiger partial charge on any atom is 0.227 e. The Balaban J connectivity index is 1.37. The molecule has 5 rings (SSSR count). The highest BCUT2D eigenvalue weighted by Gasteiger charge is 2.15. The zero-order chi connectivity index (χ0) is 24.0. The Hall–Kier alpha value is -3.52. The largest absolute Gasteiger partial charge is 0.492 e. The zero-order valence-electron chi connectivity index (χ0n) is 20.2. The molecule has 1 unspecified atom stereocenters. The summed E-state index contributed by atoms with van der Waals surface area (Å²) in [4.78, 5) is 11.5. The average molecular weight is 470 g/mol. The monoisotopic (exact) mass is 469 g/mol. The molecule has 1 atom stereocenters. The fourth-order valence-electron chi connectivity index (χ4n) is 4.14. The fourth-order valence-corrected chi connectivity index (χ4v) is 4.14. The molecule has 0 amide bonds. The van der Waals surface area contributed by atoms with Crippen molar-refractivity contribution in [3.05, 3.63) is 78.5 Å². The summed E-state index contributed by atoms with van der Waals surface area (Å²) >= 11 is 0. The summed E-state index contributed by atoms with van der Waals surface area (Å²) in [6, 6.07) is 22.6. The van der Waals surface area contributed by atoms with Crippen molar-refractivity contribution in [1.82, 2.24) is 20.2 Å². The molecule has 35 heavy (non-hydrogen) atoms. The first-order valence-corrected chi connectivity index (χ1v) is 12.0. The van der Waals surface area contributed by atoms with Gasteiger partial charge < -0.3 is 25.0 Å². The van der Waals surface area contributed by atoms with Crippen LogP contribution in [0.1, 0.15) is 11.7 Å². The van der Waals surface area contributed by atoms with Gasteiger partial charge in [0.1, 0.15) is 12.4 Å². The van der Waals surface area contributed by atoms with Crippen LogP contribution in [0.3, 0.4) is 0 Å². The number of morpholine rings is 1. The van der Waals surface area contributed by atoms with Gasteiger partial charge in [-0.2, -0.15) is 0 Å². The van der Waals surface area contributed by atoms with Crippen LogP contribution in [0.25, 0.3) is 22.0 Å². The summed E-state index contributed by atoms with van der Waals surface area (Å²) in [5.41, 5.74) is 5.10. The third kappa shape index (κ3) is 5.77. The van der Waals surface area contributed by atoms with Crippen LogP contribution in [0.4, 0.5) is 11.6 Å². The third-order valence-electron chi connectivity index (χ3n) is 6.03. The van der Waals surface area contributed by atoms with E-state index < -0.39 is 0 Å². The van der Waals surface area contributed by atoms with Crippen molar-refractivity contribution in [2.45, 2.75) is 6.10 Å². The number of nitrogens with zero attached hydrogens (tertiary/aromatic N) is 3. The standard InChI is InChI=1S/C28H31N5O2/c1-33(2)14-16-34-24-7-3-5-21(17-24)25-8-4-6-22-18-30-28(32-27(22)25)31-23-11-9-20(10-12-23)26-19-29-13-15-35-26/h3-12,17-18,26,29H,13-16,19H2,1-2H3,(H,30,31,32). The van der Waals surface area contributed by atoms with Crippen LogP contribution in [0, 0.1) is 0 Å². The van der Waals surface area contributed by atoms with E-state index in [1.165, 1.54) is 0 Å². The predicted octanol–water partition coefficient (Wildman–Crippen LogP) is 4.64. The Morgan fingerprint density at radius 1 is 1.09 bits per heavy atom. The predicted molar refractivity (Wildman–Crippen MR) is 140 cm³/mol. The molecule has 2 N–H and O–H groups in total. The number of likely N-dealkylation sites (N-methyl/N-ethyl adjacent to an activating group) is 1.